The molecule has 0 fully saturated rings. The van der Waals surface area contributed by atoms with Crippen molar-refractivity contribution in [2.45, 2.75) is 0 Å². The third-order valence-corrected chi connectivity index (χ3v) is 5.10. The van der Waals surface area contributed by atoms with Gasteiger partial charge in [0.1, 0.15) is 17.4 Å². The summed E-state index contributed by atoms with van der Waals surface area (Å²) in [6.07, 6.45) is 1.42. The van der Waals surface area contributed by atoms with E-state index in [2.05, 4.69) is 21.5 Å². The third kappa shape index (κ3) is 3.76. The number of hydrogen-bond acceptors (Lipinski definition) is 7. The highest BCUT2D eigenvalue weighted by Gasteiger charge is 2.23. The van der Waals surface area contributed by atoms with E-state index in [1.807, 2.05) is 0 Å². The second-order valence-electron chi connectivity index (χ2n) is 6.88. The van der Waals surface area contributed by atoms with Crippen LogP contribution in [0.1, 0.15) is 15.9 Å². The second kappa shape index (κ2) is 8.84. The molecule has 0 spiro atoms. The van der Waals surface area contributed by atoms with Gasteiger partial charge < -0.3 is 29.2 Å². The maximum Gasteiger partial charge on any atom is 0.257 e. The first-order chi connectivity index (χ1) is 16.0. The monoisotopic (exact) mass is 447 g/mol. The number of hydrogen-bond donors (Lipinski definition) is 2. The highest BCUT2D eigenvalue weighted by Crippen LogP contribution is 2.42. The average molecular weight is 447 g/mol. The maximum atomic E-state index is 13.1. The predicted octanol–water partition coefficient (Wildman–Crippen LogP) is 3.49. The molecule has 4 rings (SSSR count). The van der Waals surface area contributed by atoms with Crippen LogP contribution in [0, 0.1) is 11.3 Å². The molecule has 1 amide bonds. The van der Waals surface area contributed by atoms with Crippen LogP contribution in [-0.4, -0.2) is 48.9 Å². The van der Waals surface area contributed by atoms with E-state index < -0.39 is 0 Å². The van der Waals surface area contributed by atoms with Crippen LogP contribution in [0.2, 0.25) is 0 Å². The molecule has 4 aromatic rings. The largest absolute Gasteiger partial charge is 0.497 e. The van der Waals surface area contributed by atoms with Gasteiger partial charge in [0.05, 0.1) is 40.3 Å². The van der Waals surface area contributed by atoms with Gasteiger partial charge in [-0.2, -0.15) is 14.9 Å². The fourth-order valence-electron chi connectivity index (χ4n) is 3.50. The summed E-state index contributed by atoms with van der Waals surface area (Å²) < 4.78 is 23.0. The van der Waals surface area contributed by atoms with E-state index >= 15 is 0 Å². The van der Waals surface area contributed by atoms with Gasteiger partial charge in [-0.3, -0.25) is 4.79 Å². The SMILES string of the molecule is COc1cccc(C(=O)Nc2c(-c3cc(OC)c(OC)c(OC)c3)[nH]c3c(C#N)cnn23)c1. The molecule has 33 heavy (non-hydrogen) atoms. The molecule has 2 aromatic carbocycles. The molecule has 0 atom stereocenters. The van der Waals surface area contributed by atoms with Crippen LogP contribution in [0.5, 0.6) is 23.0 Å². The first-order valence-corrected chi connectivity index (χ1v) is 9.80. The topological polar surface area (TPSA) is 123 Å². The number of carbonyl (C=O) groups is 1. The summed E-state index contributed by atoms with van der Waals surface area (Å²) in [7, 11) is 6.08. The normalized spacial score (nSPS) is 10.5. The number of anilines is 1. The summed E-state index contributed by atoms with van der Waals surface area (Å²) in [5.41, 5.74) is 2.28. The van der Waals surface area contributed by atoms with Crippen LogP contribution < -0.4 is 24.3 Å². The van der Waals surface area contributed by atoms with Crippen LogP contribution in [0.15, 0.2) is 42.6 Å². The molecule has 0 saturated carbocycles. The Morgan fingerprint density at radius 3 is 2.39 bits per heavy atom. The first-order valence-electron chi connectivity index (χ1n) is 9.80. The summed E-state index contributed by atoms with van der Waals surface area (Å²) in [4.78, 5) is 16.3. The average Bonchev–Trinajstić information content (AvgIpc) is 3.42. The number of imidazole rings is 1. The summed E-state index contributed by atoms with van der Waals surface area (Å²) >= 11 is 0. The number of amides is 1. The third-order valence-electron chi connectivity index (χ3n) is 5.10. The molecule has 0 aliphatic heterocycles. The van der Waals surface area contributed by atoms with Crippen LogP contribution in [0.4, 0.5) is 5.82 Å². The van der Waals surface area contributed by atoms with Gasteiger partial charge in [-0.25, -0.2) is 0 Å². The number of benzene rings is 2. The Labute approximate surface area is 189 Å². The van der Waals surface area contributed by atoms with Crippen molar-refractivity contribution in [2.75, 3.05) is 33.8 Å². The number of fused-ring (bicyclic) bond motifs is 1. The number of aromatic amines is 1. The number of methoxy groups -OCH3 is 4. The zero-order chi connectivity index (χ0) is 23.5. The van der Waals surface area contributed by atoms with Crippen molar-refractivity contribution in [1.82, 2.24) is 14.6 Å². The van der Waals surface area contributed by atoms with E-state index in [0.29, 0.717) is 56.8 Å². The van der Waals surface area contributed by atoms with Gasteiger partial charge in [0.2, 0.25) is 5.75 Å². The minimum atomic E-state index is -0.377. The van der Waals surface area contributed by atoms with Crippen molar-refractivity contribution in [3.05, 3.63) is 53.7 Å². The smallest absolute Gasteiger partial charge is 0.257 e. The minimum Gasteiger partial charge on any atom is -0.497 e. The molecule has 2 heterocycles. The Hall–Kier alpha value is -4.65. The molecule has 0 aliphatic carbocycles. The number of H-pyrrole nitrogens is 1. The number of nitrogens with one attached hydrogen (secondary N) is 2. The van der Waals surface area contributed by atoms with E-state index in [0.717, 1.165) is 0 Å². The molecule has 0 bridgehead atoms. The van der Waals surface area contributed by atoms with Crippen molar-refractivity contribution < 1.29 is 23.7 Å². The standard InChI is InChI=1S/C23H21N5O5/c1-30-16-7-5-6-13(8-16)23(29)27-22-19(26-21-15(11-24)12-25-28(21)22)14-9-17(31-2)20(33-4)18(10-14)32-3/h5-10,12,26H,1-4H3,(H,27,29). The Kier molecular flexibility index (Phi) is 5.78. The lowest BCUT2D eigenvalue weighted by atomic mass is 10.1. The van der Waals surface area contributed by atoms with Gasteiger partial charge in [0.25, 0.3) is 5.91 Å². The van der Waals surface area contributed by atoms with Crippen molar-refractivity contribution >= 4 is 17.4 Å². The molecule has 10 nitrogen and oxygen atoms in total. The molecule has 168 valence electrons. The lowest BCUT2D eigenvalue weighted by Gasteiger charge is -2.14. The number of ether oxygens (including phenoxy) is 4. The Balaban J connectivity index is 1.88. The zero-order valence-electron chi connectivity index (χ0n) is 18.4. The van der Waals surface area contributed by atoms with Gasteiger partial charge in [-0.05, 0) is 30.3 Å². The number of nitrogens with zero attached hydrogens (tertiary/aromatic N) is 3. The van der Waals surface area contributed by atoms with Crippen LogP contribution in [-0.2, 0) is 0 Å². The highest BCUT2D eigenvalue weighted by molar-refractivity contribution is 6.06. The maximum absolute atomic E-state index is 13.1. The number of aromatic nitrogens is 3. The van der Waals surface area contributed by atoms with E-state index in [4.69, 9.17) is 18.9 Å². The lowest BCUT2D eigenvalue weighted by Crippen LogP contribution is -2.14. The zero-order valence-corrected chi connectivity index (χ0v) is 18.4. The van der Waals surface area contributed by atoms with Gasteiger partial charge in [-0.15, -0.1) is 0 Å². The molecule has 0 aliphatic rings. The van der Waals surface area contributed by atoms with Crippen molar-refractivity contribution in [2.24, 2.45) is 0 Å². The fourth-order valence-corrected chi connectivity index (χ4v) is 3.50. The van der Waals surface area contributed by atoms with Crippen molar-refractivity contribution in [3.8, 4) is 40.3 Å². The van der Waals surface area contributed by atoms with Crippen LogP contribution >= 0.6 is 0 Å². The van der Waals surface area contributed by atoms with Crippen LogP contribution in [0.25, 0.3) is 16.9 Å². The van der Waals surface area contributed by atoms with E-state index in [9.17, 15) is 10.1 Å². The molecule has 2 N–H and O–H groups in total. The minimum absolute atomic E-state index is 0.325. The van der Waals surface area contributed by atoms with Crippen molar-refractivity contribution in [3.63, 3.8) is 0 Å². The van der Waals surface area contributed by atoms with Crippen LogP contribution in [0.3, 0.4) is 0 Å². The first kappa shape index (κ1) is 21.6. The molecule has 0 unspecified atom stereocenters. The number of nitriles is 1. The Morgan fingerprint density at radius 1 is 1.06 bits per heavy atom. The van der Waals surface area contributed by atoms with Gasteiger partial charge in [0, 0.05) is 11.1 Å². The number of carbonyl (C=O) groups excluding carboxylic acids is 1. The van der Waals surface area contributed by atoms with Gasteiger partial charge >= 0.3 is 0 Å². The predicted molar refractivity (Wildman–Crippen MR) is 120 cm³/mol. The van der Waals surface area contributed by atoms with Gasteiger partial charge in [-0.1, -0.05) is 6.07 Å². The van der Waals surface area contributed by atoms with Gasteiger partial charge in [0.15, 0.2) is 23.0 Å². The fraction of sp³-hybridized carbons (Fsp3) is 0.174. The quantitative estimate of drug-likeness (QED) is 0.445. The summed E-state index contributed by atoms with van der Waals surface area (Å²) in [5.74, 6) is 1.82. The number of rotatable bonds is 7. The Bertz CT molecular complexity index is 1360. The summed E-state index contributed by atoms with van der Waals surface area (Å²) in [6, 6.07) is 12.3. The molecular formula is C23H21N5O5. The molecule has 0 radical (unpaired) electrons. The molecular weight excluding hydrogens is 426 g/mol. The highest BCUT2D eigenvalue weighted by atomic mass is 16.5. The van der Waals surface area contributed by atoms with E-state index in [-0.39, 0.29) is 5.91 Å². The van der Waals surface area contributed by atoms with Crippen molar-refractivity contribution in [1.29, 1.82) is 5.26 Å². The molecule has 10 heteroatoms. The van der Waals surface area contributed by atoms with E-state index in [1.165, 1.54) is 39.2 Å². The summed E-state index contributed by atoms with van der Waals surface area (Å²) in [6.45, 7) is 0. The Morgan fingerprint density at radius 2 is 1.79 bits per heavy atom. The summed E-state index contributed by atoms with van der Waals surface area (Å²) in [5, 5.41) is 16.6. The molecule has 2 aromatic heterocycles. The second-order valence-corrected chi connectivity index (χ2v) is 6.88. The lowest BCUT2D eigenvalue weighted by molar-refractivity contribution is 0.102. The molecule has 0 saturated heterocycles. The van der Waals surface area contributed by atoms with E-state index in [1.54, 1.807) is 36.4 Å².